The van der Waals surface area contributed by atoms with Gasteiger partial charge in [0.25, 0.3) is 0 Å². The van der Waals surface area contributed by atoms with Gasteiger partial charge in [0.1, 0.15) is 0 Å². The van der Waals surface area contributed by atoms with Crippen molar-refractivity contribution >= 4 is 11.1 Å². The Labute approximate surface area is 180 Å². The molecule has 0 unspecified atom stereocenters. The van der Waals surface area contributed by atoms with Crippen LogP contribution in [-0.4, -0.2) is 0 Å². The van der Waals surface area contributed by atoms with E-state index in [1.54, 1.807) is 0 Å². The minimum Gasteiger partial charge on any atom is -0.0587 e. The molecule has 0 heteroatoms. The largest absolute Gasteiger partial charge is 0.0587 e. The minimum absolute atomic E-state index is 1.24. The molecule has 4 rings (SSSR count). The lowest BCUT2D eigenvalue weighted by atomic mass is 9.85. The summed E-state index contributed by atoms with van der Waals surface area (Å²) < 4.78 is 0. The van der Waals surface area contributed by atoms with Crippen LogP contribution in [-0.2, 0) is 0 Å². The van der Waals surface area contributed by atoms with Crippen molar-refractivity contribution in [1.29, 1.82) is 0 Å². The third-order valence-corrected chi connectivity index (χ3v) is 5.61. The van der Waals surface area contributed by atoms with Crippen molar-refractivity contribution in [2.75, 3.05) is 0 Å². The molecule has 0 aliphatic rings. The maximum absolute atomic E-state index is 2.24. The Bertz CT molecular complexity index is 963. The van der Waals surface area contributed by atoms with Gasteiger partial charge in [0.2, 0.25) is 0 Å². The molecule has 0 radical (unpaired) electrons. The van der Waals surface area contributed by atoms with Crippen LogP contribution in [0.5, 0.6) is 0 Å². The predicted octanol–water partition coefficient (Wildman–Crippen LogP) is 7.93. The molecular weight excluding hydrogens is 360 g/mol. The summed E-state index contributed by atoms with van der Waals surface area (Å²) in [6, 6.07) is 35.5. The smallest absolute Gasteiger partial charge is 0.00268 e. The summed E-state index contributed by atoms with van der Waals surface area (Å²) in [6.45, 7) is 8.56. The number of hydrogen-bond acceptors (Lipinski definition) is 0. The second kappa shape index (κ2) is 8.55. The highest BCUT2D eigenvalue weighted by Gasteiger charge is 2.16. The molecule has 0 aliphatic carbocycles. The maximum Gasteiger partial charge on any atom is -0.00268 e. The number of rotatable bonds is 4. The summed E-state index contributed by atoms with van der Waals surface area (Å²) in [6.07, 6.45) is 0. The van der Waals surface area contributed by atoms with Gasteiger partial charge in [-0.25, -0.2) is 0 Å². The summed E-state index contributed by atoms with van der Waals surface area (Å²) in [5, 5.41) is 0. The van der Waals surface area contributed by atoms with Crippen molar-refractivity contribution in [2.45, 2.75) is 27.7 Å². The molecular formula is C30H28. The number of benzene rings is 4. The van der Waals surface area contributed by atoms with Gasteiger partial charge in [-0.2, -0.15) is 0 Å². The molecule has 0 bridgehead atoms. The van der Waals surface area contributed by atoms with Gasteiger partial charge in [0.15, 0.2) is 0 Å². The molecule has 0 nitrogen and oxygen atoms in total. The van der Waals surface area contributed by atoms with Crippen LogP contribution in [0.3, 0.4) is 0 Å². The van der Waals surface area contributed by atoms with Crippen LogP contribution in [0.15, 0.2) is 97.1 Å². The topological polar surface area (TPSA) is 0 Å². The van der Waals surface area contributed by atoms with Crippen molar-refractivity contribution < 1.29 is 0 Å². The van der Waals surface area contributed by atoms with E-state index in [0.717, 1.165) is 0 Å². The Morgan fingerprint density at radius 3 is 0.633 bits per heavy atom. The average molecular weight is 389 g/mol. The second-order valence-corrected chi connectivity index (χ2v) is 8.21. The number of hydrogen-bond donors (Lipinski definition) is 0. The lowest BCUT2D eigenvalue weighted by Crippen LogP contribution is -1.98. The van der Waals surface area contributed by atoms with Crippen molar-refractivity contribution in [3.05, 3.63) is 142 Å². The molecule has 0 N–H and O–H groups in total. The van der Waals surface area contributed by atoms with E-state index in [1.807, 2.05) is 0 Å². The highest BCUT2D eigenvalue weighted by Crippen LogP contribution is 2.37. The zero-order valence-electron chi connectivity index (χ0n) is 18.2. The van der Waals surface area contributed by atoms with Gasteiger partial charge in [-0.15, -0.1) is 0 Å². The SMILES string of the molecule is Cc1ccc(C(=C(c2ccc(C)cc2)c2ccc(C)cc2)c2ccc(C)cc2)cc1. The third-order valence-electron chi connectivity index (χ3n) is 5.61. The molecule has 0 amide bonds. The van der Waals surface area contributed by atoms with E-state index in [1.165, 1.54) is 55.7 Å². The molecule has 0 spiro atoms. The Hall–Kier alpha value is -3.38. The molecule has 0 fully saturated rings. The van der Waals surface area contributed by atoms with Crippen LogP contribution in [0.25, 0.3) is 11.1 Å². The van der Waals surface area contributed by atoms with E-state index in [-0.39, 0.29) is 0 Å². The van der Waals surface area contributed by atoms with E-state index in [0.29, 0.717) is 0 Å². The van der Waals surface area contributed by atoms with Crippen LogP contribution < -0.4 is 0 Å². The first-order chi connectivity index (χ1) is 14.5. The third kappa shape index (κ3) is 4.28. The summed E-state index contributed by atoms with van der Waals surface area (Å²) in [5.74, 6) is 0. The molecule has 0 aliphatic heterocycles. The van der Waals surface area contributed by atoms with Crippen LogP contribution in [0.2, 0.25) is 0 Å². The molecule has 0 aromatic heterocycles. The van der Waals surface area contributed by atoms with Gasteiger partial charge in [-0.05, 0) is 61.1 Å². The Kier molecular flexibility index (Phi) is 5.68. The van der Waals surface area contributed by atoms with E-state index in [9.17, 15) is 0 Å². The summed E-state index contributed by atoms with van der Waals surface area (Å²) in [4.78, 5) is 0. The first kappa shape index (κ1) is 19.9. The van der Waals surface area contributed by atoms with Gasteiger partial charge in [0.05, 0.1) is 0 Å². The van der Waals surface area contributed by atoms with Crippen molar-refractivity contribution in [3.8, 4) is 0 Å². The molecule has 30 heavy (non-hydrogen) atoms. The fourth-order valence-corrected chi connectivity index (χ4v) is 3.79. The summed E-state index contributed by atoms with van der Waals surface area (Å²) in [5.41, 5.74) is 12.6. The zero-order chi connectivity index (χ0) is 21.1. The van der Waals surface area contributed by atoms with Crippen LogP contribution >= 0.6 is 0 Å². The highest BCUT2D eigenvalue weighted by atomic mass is 14.2. The fourth-order valence-electron chi connectivity index (χ4n) is 3.79. The molecule has 4 aromatic carbocycles. The second-order valence-electron chi connectivity index (χ2n) is 8.21. The van der Waals surface area contributed by atoms with Crippen molar-refractivity contribution in [3.63, 3.8) is 0 Å². The molecule has 148 valence electrons. The van der Waals surface area contributed by atoms with E-state index in [4.69, 9.17) is 0 Å². The van der Waals surface area contributed by atoms with Crippen molar-refractivity contribution in [1.82, 2.24) is 0 Å². The molecule has 4 aromatic rings. The summed E-state index contributed by atoms with van der Waals surface area (Å²) in [7, 11) is 0. The van der Waals surface area contributed by atoms with E-state index < -0.39 is 0 Å². The van der Waals surface area contributed by atoms with Gasteiger partial charge in [-0.3, -0.25) is 0 Å². The van der Waals surface area contributed by atoms with Gasteiger partial charge in [0, 0.05) is 0 Å². The fraction of sp³-hybridized carbons (Fsp3) is 0.133. The standard InChI is InChI=1S/C30H28/c1-21-5-13-25(14-6-21)29(26-15-7-22(2)8-16-26)30(27-17-9-23(3)10-18-27)28-19-11-24(4)12-20-28/h5-20H,1-4H3. The normalized spacial score (nSPS) is 10.7. The van der Waals surface area contributed by atoms with Gasteiger partial charge >= 0.3 is 0 Å². The lowest BCUT2D eigenvalue weighted by molar-refractivity contribution is 1.40. The van der Waals surface area contributed by atoms with Crippen molar-refractivity contribution in [2.24, 2.45) is 0 Å². The Morgan fingerprint density at radius 2 is 0.467 bits per heavy atom. The van der Waals surface area contributed by atoms with E-state index >= 15 is 0 Å². The van der Waals surface area contributed by atoms with Gasteiger partial charge < -0.3 is 0 Å². The molecule has 0 heterocycles. The average Bonchev–Trinajstić information content (AvgIpc) is 2.75. The minimum atomic E-state index is 1.24. The number of aryl methyl sites for hydroxylation is 4. The Morgan fingerprint density at radius 1 is 0.300 bits per heavy atom. The quantitative estimate of drug-likeness (QED) is 0.311. The highest BCUT2D eigenvalue weighted by molar-refractivity contribution is 6.04. The van der Waals surface area contributed by atoms with Crippen LogP contribution in [0.4, 0.5) is 0 Å². The maximum atomic E-state index is 2.24. The van der Waals surface area contributed by atoms with Crippen LogP contribution in [0.1, 0.15) is 44.5 Å². The first-order valence-electron chi connectivity index (χ1n) is 10.5. The Balaban J connectivity index is 2.08. The lowest BCUT2D eigenvalue weighted by Gasteiger charge is -2.19. The monoisotopic (exact) mass is 388 g/mol. The molecule has 0 saturated carbocycles. The van der Waals surface area contributed by atoms with Crippen LogP contribution in [0, 0.1) is 27.7 Å². The molecule has 0 atom stereocenters. The zero-order valence-corrected chi connectivity index (χ0v) is 18.2. The predicted molar refractivity (Wildman–Crippen MR) is 130 cm³/mol. The molecule has 0 saturated heterocycles. The van der Waals surface area contributed by atoms with Gasteiger partial charge in [-0.1, -0.05) is 119 Å². The van der Waals surface area contributed by atoms with E-state index in [2.05, 4.69) is 125 Å². The summed E-state index contributed by atoms with van der Waals surface area (Å²) >= 11 is 0. The first-order valence-corrected chi connectivity index (χ1v) is 10.5.